The Bertz CT molecular complexity index is 1060. The first-order valence-electron chi connectivity index (χ1n) is 7.86. The smallest absolute Gasteiger partial charge is 0.256 e. The van der Waals surface area contributed by atoms with Crippen molar-refractivity contribution in [3.8, 4) is 0 Å². The Labute approximate surface area is 144 Å². The van der Waals surface area contributed by atoms with Gasteiger partial charge in [0, 0.05) is 16.8 Å². The summed E-state index contributed by atoms with van der Waals surface area (Å²) in [6, 6.07) is 19.6. The van der Waals surface area contributed by atoms with Gasteiger partial charge in [-0.15, -0.1) is 0 Å². The van der Waals surface area contributed by atoms with E-state index in [1.807, 2.05) is 30.3 Å². The molecule has 5 nitrogen and oxygen atoms in total. The number of hydrogen-bond donors (Lipinski definition) is 3. The first-order valence-corrected chi connectivity index (χ1v) is 7.86. The summed E-state index contributed by atoms with van der Waals surface area (Å²) in [5, 5.41) is 5.16. The first-order chi connectivity index (χ1) is 12.1. The van der Waals surface area contributed by atoms with Crippen molar-refractivity contribution in [2.24, 2.45) is 16.5 Å². The number of amides is 1. The summed E-state index contributed by atoms with van der Waals surface area (Å²) < 4.78 is 0. The van der Waals surface area contributed by atoms with Crippen LogP contribution in [0.2, 0.25) is 0 Å². The fourth-order valence-electron chi connectivity index (χ4n) is 3.00. The highest BCUT2D eigenvalue weighted by atomic mass is 16.2. The second kappa shape index (κ2) is 5.79. The minimum absolute atomic E-state index is 0.0164. The predicted molar refractivity (Wildman–Crippen MR) is 102 cm³/mol. The van der Waals surface area contributed by atoms with Crippen LogP contribution < -0.4 is 16.8 Å². The molecule has 0 spiro atoms. The van der Waals surface area contributed by atoms with E-state index in [0.29, 0.717) is 11.3 Å². The molecule has 0 bridgehead atoms. The number of carbonyl (C=O) groups is 1. The zero-order valence-electron chi connectivity index (χ0n) is 13.4. The van der Waals surface area contributed by atoms with E-state index < -0.39 is 0 Å². The zero-order chi connectivity index (χ0) is 17.4. The van der Waals surface area contributed by atoms with Crippen molar-refractivity contribution in [3.63, 3.8) is 0 Å². The van der Waals surface area contributed by atoms with Gasteiger partial charge in [-0.25, -0.2) is 4.99 Å². The van der Waals surface area contributed by atoms with E-state index in [-0.39, 0.29) is 11.9 Å². The molecular formula is C20H16N4O. The van der Waals surface area contributed by atoms with E-state index in [0.717, 1.165) is 27.6 Å². The summed E-state index contributed by atoms with van der Waals surface area (Å²) in [6.45, 7) is 0. The van der Waals surface area contributed by atoms with Gasteiger partial charge in [-0.2, -0.15) is 0 Å². The van der Waals surface area contributed by atoms with Crippen molar-refractivity contribution in [1.82, 2.24) is 0 Å². The summed E-state index contributed by atoms with van der Waals surface area (Å²) in [5.74, 6) is -0.151. The standard InChI is InChI=1S/C20H16N4O/c21-20(22)23-15-7-8-18-16(11-15)17(19(25)24-18)10-12-5-6-13-3-1-2-4-14(13)9-12/h1-11H,(H,24,25)(H4,21,22,23). The lowest BCUT2D eigenvalue weighted by Gasteiger charge is -2.03. The van der Waals surface area contributed by atoms with Gasteiger partial charge in [0.2, 0.25) is 0 Å². The van der Waals surface area contributed by atoms with Crippen LogP contribution >= 0.6 is 0 Å². The van der Waals surface area contributed by atoms with Crippen LogP contribution in [0.15, 0.2) is 65.7 Å². The Balaban J connectivity index is 1.81. The minimum atomic E-state index is -0.134. The van der Waals surface area contributed by atoms with Crippen molar-refractivity contribution < 1.29 is 4.79 Å². The number of fused-ring (bicyclic) bond motifs is 2. The number of nitrogens with two attached hydrogens (primary N) is 2. The van der Waals surface area contributed by atoms with Gasteiger partial charge in [-0.3, -0.25) is 4.79 Å². The van der Waals surface area contributed by atoms with E-state index in [9.17, 15) is 4.79 Å². The van der Waals surface area contributed by atoms with E-state index >= 15 is 0 Å². The van der Waals surface area contributed by atoms with Crippen LogP contribution in [0.3, 0.4) is 0 Å². The average molecular weight is 328 g/mol. The van der Waals surface area contributed by atoms with E-state index in [2.05, 4.69) is 28.5 Å². The van der Waals surface area contributed by atoms with Crippen molar-refractivity contribution in [2.45, 2.75) is 0 Å². The van der Waals surface area contributed by atoms with Gasteiger partial charge >= 0.3 is 0 Å². The molecule has 0 aromatic heterocycles. The maximum atomic E-state index is 12.4. The molecule has 0 fully saturated rings. The molecule has 0 aliphatic carbocycles. The van der Waals surface area contributed by atoms with Gasteiger partial charge in [0.15, 0.2) is 5.96 Å². The number of nitrogens with one attached hydrogen (secondary N) is 1. The highest BCUT2D eigenvalue weighted by molar-refractivity contribution is 6.35. The third kappa shape index (κ3) is 2.83. The molecular weight excluding hydrogens is 312 g/mol. The van der Waals surface area contributed by atoms with Crippen molar-refractivity contribution in [2.75, 3.05) is 5.32 Å². The van der Waals surface area contributed by atoms with Crippen LogP contribution in [-0.2, 0) is 4.79 Å². The third-order valence-corrected chi connectivity index (χ3v) is 4.13. The normalized spacial score (nSPS) is 14.4. The molecule has 5 heteroatoms. The molecule has 1 amide bonds. The Kier molecular flexibility index (Phi) is 3.47. The number of guanidine groups is 1. The Morgan fingerprint density at radius 1 is 0.960 bits per heavy atom. The number of carbonyl (C=O) groups excluding carboxylic acids is 1. The Morgan fingerprint density at radius 2 is 1.76 bits per heavy atom. The number of hydrogen-bond acceptors (Lipinski definition) is 2. The van der Waals surface area contributed by atoms with E-state index in [1.165, 1.54) is 0 Å². The van der Waals surface area contributed by atoms with Crippen molar-refractivity contribution in [3.05, 3.63) is 71.8 Å². The van der Waals surface area contributed by atoms with Crippen LogP contribution in [-0.4, -0.2) is 11.9 Å². The molecule has 25 heavy (non-hydrogen) atoms. The number of aliphatic imine (C=N–C) groups is 1. The zero-order valence-corrected chi connectivity index (χ0v) is 13.4. The van der Waals surface area contributed by atoms with E-state index in [1.54, 1.807) is 18.2 Å². The summed E-state index contributed by atoms with van der Waals surface area (Å²) in [4.78, 5) is 16.4. The van der Waals surface area contributed by atoms with Gasteiger partial charge in [0.1, 0.15) is 0 Å². The van der Waals surface area contributed by atoms with Crippen LogP contribution in [0.4, 0.5) is 11.4 Å². The maximum absolute atomic E-state index is 12.4. The fourth-order valence-corrected chi connectivity index (χ4v) is 3.00. The molecule has 0 atom stereocenters. The average Bonchev–Trinajstić information content (AvgIpc) is 2.90. The summed E-state index contributed by atoms with van der Waals surface area (Å²) >= 11 is 0. The number of rotatable bonds is 2. The molecule has 122 valence electrons. The summed E-state index contributed by atoms with van der Waals surface area (Å²) in [6.07, 6.45) is 1.88. The number of anilines is 1. The molecule has 0 unspecified atom stereocenters. The number of nitrogens with zero attached hydrogens (tertiary/aromatic N) is 1. The number of benzene rings is 3. The summed E-state index contributed by atoms with van der Waals surface area (Å²) in [5.41, 5.74) is 14.6. The molecule has 1 aliphatic heterocycles. The van der Waals surface area contributed by atoms with Crippen LogP contribution in [0, 0.1) is 0 Å². The molecule has 0 saturated carbocycles. The largest absolute Gasteiger partial charge is 0.370 e. The van der Waals surface area contributed by atoms with Crippen LogP contribution in [0.1, 0.15) is 11.1 Å². The van der Waals surface area contributed by atoms with Gasteiger partial charge in [0.25, 0.3) is 5.91 Å². The lowest BCUT2D eigenvalue weighted by Crippen LogP contribution is -2.21. The highest BCUT2D eigenvalue weighted by Gasteiger charge is 2.24. The SMILES string of the molecule is NC(N)=Nc1ccc2c(c1)C(=Cc1ccc3ccccc3c1)C(=O)N2. The lowest BCUT2D eigenvalue weighted by atomic mass is 10.0. The molecule has 1 aliphatic rings. The maximum Gasteiger partial charge on any atom is 0.256 e. The van der Waals surface area contributed by atoms with Gasteiger partial charge < -0.3 is 16.8 Å². The molecule has 5 N–H and O–H groups in total. The molecule has 3 aromatic carbocycles. The topological polar surface area (TPSA) is 93.5 Å². The highest BCUT2D eigenvalue weighted by Crippen LogP contribution is 2.36. The van der Waals surface area contributed by atoms with Crippen LogP contribution in [0.25, 0.3) is 22.4 Å². The molecule has 0 saturated heterocycles. The molecule has 4 rings (SSSR count). The minimum Gasteiger partial charge on any atom is -0.370 e. The second-order valence-electron chi connectivity index (χ2n) is 5.89. The third-order valence-electron chi connectivity index (χ3n) is 4.13. The monoisotopic (exact) mass is 328 g/mol. The van der Waals surface area contributed by atoms with Crippen molar-refractivity contribution >= 4 is 45.7 Å². The van der Waals surface area contributed by atoms with Gasteiger partial charge in [-0.1, -0.05) is 36.4 Å². The Hall–Kier alpha value is -3.60. The fraction of sp³-hybridized carbons (Fsp3) is 0. The Morgan fingerprint density at radius 3 is 2.56 bits per heavy atom. The van der Waals surface area contributed by atoms with Crippen molar-refractivity contribution in [1.29, 1.82) is 0 Å². The molecule has 0 radical (unpaired) electrons. The van der Waals surface area contributed by atoms with Gasteiger partial charge in [-0.05, 0) is 46.7 Å². The first kappa shape index (κ1) is 15.0. The molecule has 3 aromatic rings. The quantitative estimate of drug-likeness (QED) is 0.383. The lowest BCUT2D eigenvalue weighted by molar-refractivity contribution is -0.110. The van der Waals surface area contributed by atoms with E-state index in [4.69, 9.17) is 11.5 Å². The second-order valence-corrected chi connectivity index (χ2v) is 5.89. The van der Waals surface area contributed by atoms with Crippen LogP contribution in [0.5, 0.6) is 0 Å². The predicted octanol–water partition coefficient (Wildman–Crippen LogP) is 3.24. The van der Waals surface area contributed by atoms with Gasteiger partial charge in [0.05, 0.1) is 5.69 Å². The summed E-state index contributed by atoms with van der Waals surface area (Å²) in [7, 11) is 0. The molecule has 1 heterocycles.